The fourth-order valence-electron chi connectivity index (χ4n) is 2.45. The van der Waals surface area contributed by atoms with Crippen molar-refractivity contribution in [2.75, 3.05) is 0 Å². The van der Waals surface area contributed by atoms with Gasteiger partial charge in [0, 0.05) is 16.1 Å². The Hall–Kier alpha value is -1.60. The summed E-state index contributed by atoms with van der Waals surface area (Å²) in [5.74, 6) is 0. The maximum Gasteiger partial charge on any atom is 0.0740 e. The standard InChI is InChI=1S/C16H14ClN/c1-11-10-12-6-2-3-7-13(12)16(18-11)14-8-4-5-9-15(14)17/h2-9,11H,10H2,1H3. The van der Waals surface area contributed by atoms with Crippen molar-refractivity contribution >= 4 is 17.3 Å². The summed E-state index contributed by atoms with van der Waals surface area (Å²) in [4.78, 5) is 4.79. The van der Waals surface area contributed by atoms with Gasteiger partial charge in [0.2, 0.25) is 0 Å². The molecular formula is C16H14ClN. The van der Waals surface area contributed by atoms with E-state index in [1.165, 1.54) is 11.1 Å². The number of hydrogen-bond acceptors (Lipinski definition) is 1. The first-order valence-electron chi connectivity index (χ1n) is 6.16. The van der Waals surface area contributed by atoms with E-state index in [1.54, 1.807) is 0 Å². The van der Waals surface area contributed by atoms with Crippen molar-refractivity contribution < 1.29 is 0 Å². The highest BCUT2D eigenvalue weighted by Gasteiger charge is 2.20. The molecule has 3 rings (SSSR count). The number of rotatable bonds is 1. The van der Waals surface area contributed by atoms with E-state index in [0.29, 0.717) is 6.04 Å². The summed E-state index contributed by atoms with van der Waals surface area (Å²) in [5, 5.41) is 0.764. The Kier molecular flexibility index (Phi) is 2.92. The van der Waals surface area contributed by atoms with Crippen molar-refractivity contribution in [2.45, 2.75) is 19.4 Å². The lowest BCUT2D eigenvalue weighted by Gasteiger charge is -2.21. The molecule has 2 heteroatoms. The molecule has 0 aliphatic carbocycles. The summed E-state index contributed by atoms with van der Waals surface area (Å²) in [5.41, 5.74) is 4.62. The van der Waals surface area contributed by atoms with Crippen LogP contribution in [0.25, 0.3) is 0 Å². The normalized spacial score (nSPS) is 18.1. The third-order valence-electron chi connectivity index (χ3n) is 3.27. The van der Waals surface area contributed by atoms with Crippen LogP contribution in [0.15, 0.2) is 53.5 Å². The van der Waals surface area contributed by atoms with Gasteiger partial charge in [0.25, 0.3) is 0 Å². The van der Waals surface area contributed by atoms with Gasteiger partial charge in [-0.25, -0.2) is 0 Å². The average Bonchev–Trinajstić information content (AvgIpc) is 2.38. The second kappa shape index (κ2) is 4.58. The van der Waals surface area contributed by atoms with E-state index in [-0.39, 0.29) is 0 Å². The van der Waals surface area contributed by atoms with Crippen LogP contribution in [0.3, 0.4) is 0 Å². The van der Waals surface area contributed by atoms with Crippen LogP contribution in [0.4, 0.5) is 0 Å². The molecular weight excluding hydrogens is 242 g/mol. The monoisotopic (exact) mass is 255 g/mol. The second-order valence-corrected chi connectivity index (χ2v) is 5.08. The third kappa shape index (κ3) is 1.95. The zero-order chi connectivity index (χ0) is 12.5. The van der Waals surface area contributed by atoms with Crippen LogP contribution in [0.1, 0.15) is 23.6 Å². The van der Waals surface area contributed by atoms with E-state index in [0.717, 1.165) is 22.7 Å². The van der Waals surface area contributed by atoms with Gasteiger partial charge in [-0.15, -0.1) is 0 Å². The Balaban J connectivity index is 2.19. The van der Waals surface area contributed by atoms with Crippen LogP contribution in [-0.2, 0) is 6.42 Å². The molecule has 0 saturated heterocycles. The smallest absolute Gasteiger partial charge is 0.0740 e. The summed E-state index contributed by atoms with van der Waals surface area (Å²) in [6, 6.07) is 16.7. The molecule has 0 amide bonds. The Morgan fingerprint density at radius 3 is 2.44 bits per heavy atom. The van der Waals surface area contributed by atoms with Gasteiger partial charge in [0.15, 0.2) is 0 Å². The number of halogens is 1. The van der Waals surface area contributed by atoms with Gasteiger partial charge in [-0.2, -0.15) is 0 Å². The molecule has 2 aromatic carbocycles. The predicted octanol–water partition coefficient (Wildman–Crippen LogP) is 4.12. The lowest BCUT2D eigenvalue weighted by atomic mass is 9.91. The Morgan fingerprint density at radius 2 is 1.67 bits per heavy atom. The van der Waals surface area contributed by atoms with E-state index in [2.05, 4.69) is 31.2 Å². The molecule has 0 spiro atoms. The molecule has 0 radical (unpaired) electrons. The lowest BCUT2D eigenvalue weighted by molar-refractivity contribution is 0.728. The van der Waals surface area contributed by atoms with E-state index < -0.39 is 0 Å². The van der Waals surface area contributed by atoms with Gasteiger partial charge in [0.05, 0.1) is 11.8 Å². The molecule has 0 fully saturated rings. The summed E-state index contributed by atoms with van der Waals surface area (Å²) < 4.78 is 0. The molecule has 1 heterocycles. The van der Waals surface area contributed by atoms with Crippen molar-refractivity contribution in [3.63, 3.8) is 0 Å². The summed E-state index contributed by atoms with van der Waals surface area (Å²) in [6.45, 7) is 2.15. The maximum atomic E-state index is 6.29. The summed E-state index contributed by atoms with van der Waals surface area (Å²) in [7, 11) is 0. The van der Waals surface area contributed by atoms with Crippen molar-refractivity contribution in [2.24, 2.45) is 4.99 Å². The number of aliphatic imine (C=N–C) groups is 1. The van der Waals surface area contributed by atoms with Gasteiger partial charge in [-0.05, 0) is 25.0 Å². The molecule has 0 bridgehead atoms. The second-order valence-electron chi connectivity index (χ2n) is 4.67. The lowest BCUT2D eigenvalue weighted by Crippen LogP contribution is -2.19. The fraction of sp³-hybridized carbons (Fsp3) is 0.188. The van der Waals surface area contributed by atoms with E-state index >= 15 is 0 Å². The van der Waals surface area contributed by atoms with Crippen LogP contribution in [0.5, 0.6) is 0 Å². The topological polar surface area (TPSA) is 12.4 Å². The predicted molar refractivity (Wildman–Crippen MR) is 76.7 cm³/mol. The molecule has 0 saturated carbocycles. The van der Waals surface area contributed by atoms with E-state index in [1.807, 2.05) is 24.3 Å². The molecule has 18 heavy (non-hydrogen) atoms. The van der Waals surface area contributed by atoms with Crippen molar-refractivity contribution in [3.8, 4) is 0 Å². The van der Waals surface area contributed by atoms with Crippen molar-refractivity contribution in [1.82, 2.24) is 0 Å². The molecule has 1 nitrogen and oxygen atoms in total. The van der Waals surface area contributed by atoms with Gasteiger partial charge < -0.3 is 0 Å². The van der Waals surface area contributed by atoms with Gasteiger partial charge in [0.1, 0.15) is 0 Å². The number of hydrogen-bond donors (Lipinski definition) is 0. The quantitative estimate of drug-likeness (QED) is 0.727. The Morgan fingerprint density at radius 1 is 1.00 bits per heavy atom. The van der Waals surface area contributed by atoms with Gasteiger partial charge >= 0.3 is 0 Å². The first-order valence-corrected chi connectivity index (χ1v) is 6.54. The minimum Gasteiger partial charge on any atom is -0.281 e. The van der Waals surface area contributed by atoms with Crippen molar-refractivity contribution in [1.29, 1.82) is 0 Å². The Bertz CT molecular complexity index is 616. The number of benzene rings is 2. The number of nitrogens with zero attached hydrogens (tertiary/aromatic N) is 1. The highest BCUT2D eigenvalue weighted by Crippen LogP contribution is 2.26. The molecule has 1 unspecified atom stereocenters. The molecule has 1 aliphatic heterocycles. The van der Waals surface area contributed by atoms with Gasteiger partial charge in [-0.1, -0.05) is 54.1 Å². The molecule has 1 aliphatic rings. The SMILES string of the molecule is CC1Cc2ccccc2C(c2ccccc2Cl)=N1. The first kappa shape index (κ1) is 11.5. The van der Waals surface area contributed by atoms with Crippen LogP contribution in [-0.4, -0.2) is 11.8 Å². The molecule has 90 valence electrons. The fourth-order valence-corrected chi connectivity index (χ4v) is 2.68. The highest BCUT2D eigenvalue weighted by molar-refractivity contribution is 6.35. The van der Waals surface area contributed by atoms with E-state index in [9.17, 15) is 0 Å². The number of fused-ring (bicyclic) bond motifs is 1. The first-order chi connectivity index (χ1) is 8.75. The minimum atomic E-state index is 0.311. The zero-order valence-corrected chi connectivity index (χ0v) is 11.0. The average molecular weight is 256 g/mol. The van der Waals surface area contributed by atoms with Crippen LogP contribution >= 0.6 is 11.6 Å². The summed E-state index contributed by atoms with van der Waals surface area (Å²) >= 11 is 6.29. The van der Waals surface area contributed by atoms with Crippen molar-refractivity contribution in [3.05, 3.63) is 70.2 Å². The maximum absolute atomic E-state index is 6.29. The molecule has 2 aromatic rings. The van der Waals surface area contributed by atoms with E-state index in [4.69, 9.17) is 16.6 Å². The van der Waals surface area contributed by atoms with Crippen LogP contribution in [0, 0.1) is 0 Å². The van der Waals surface area contributed by atoms with Crippen LogP contribution in [0.2, 0.25) is 5.02 Å². The Labute approximate surface area is 112 Å². The highest BCUT2D eigenvalue weighted by atomic mass is 35.5. The summed E-state index contributed by atoms with van der Waals surface area (Å²) in [6.07, 6.45) is 1.00. The third-order valence-corrected chi connectivity index (χ3v) is 3.60. The largest absolute Gasteiger partial charge is 0.281 e. The minimum absolute atomic E-state index is 0.311. The van der Waals surface area contributed by atoms with Crippen LogP contribution < -0.4 is 0 Å². The molecule has 1 atom stereocenters. The molecule has 0 N–H and O–H groups in total. The molecule has 0 aromatic heterocycles. The zero-order valence-electron chi connectivity index (χ0n) is 10.2. The van der Waals surface area contributed by atoms with Gasteiger partial charge in [-0.3, -0.25) is 4.99 Å².